The summed E-state index contributed by atoms with van der Waals surface area (Å²) >= 11 is 17.1. The van der Waals surface area contributed by atoms with Gasteiger partial charge in [0.15, 0.2) is 2.74 Å². The highest BCUT2D eigenvalue weighted by atomic mass is 32.3. The van der Waals surface area contributed by atoms with Gasteiger partial charge in [0.05, 0.1) is 4.58 Å². The first-order valence-corrected chi connectivity index (χ1v) is 8.55. The zero-order valence-electron chi connectivity index (χ0n) is 6.30. The zero-order chi connectivity index (χ0) is 8.60. The number of hydrogen-bond donors (Lipinski definition) is 2. The maximum absolute atomic E-state index is 4.38. The van der Waals surface area contributed by atoms with Gasteiger partial charge in [-0.2, -0.15) is 25.3 Å². The lowest BCUT2D eigenvalue weighted by Gasteiger charge is -2.19. The first kappa shape index (κ1) is 10.6. The predicted octanol–water partition coefficient (Wildman–Crippen LogP) is 3.11. The average molecular weight is 275 g/mol. The fourth-order valence-electron chi connectivity index (χ4n) is 1.11. The van der Waals surface area contributed by atoms with Crippen molar-refractivity contribution in [3.05, 3.63) is 0 Å². The Balaban J connectivity index is 1.96. The molecule has 0 aromatic heterocycles. The van der Waals surface area contributed by atoms with Crippen molar-refractivity contribution in [2.45, 2.75) is 12.6 Å². The van der Waals surface area contributed by atoms with Gasteiger partial charge in [-0.25, -0.2) is 0 Å². The molecule has 0 saturated carbocycles. The van der Waals surface area contributed by atoms with Crippen molar-refractivity contribution in [1.82, 2.24) is 0 Å². The van der Waals surface area contributed by atoms with Gasteiger partial charge < -0.3 is 0 Å². The van der Waals surface area contributed by atoms with E-state index in [9.17, 15) is 0 Å². The van der Waals surface area contributed by atoms with Crippen LogP contribution in [0.4, 0.5) is 0 Å². The minimum absolute atomic E-state index is 0.240. The van der Waals surface area contributed by atoms with Crippen LogP contribution in [0.3, 0.4) is 0 Å². The topological polar surface area (TPSA) is 0 Å². The van der Waals surface area contributed by atoms with Gasteiger partial charge >= 0.3 is 0 Å². The third-order valence-corrected chi connectivity index (χ3v) is 10.8. The van der Waals surface area contributed by atoms with Gasteiger partial charge in [0.2, 0.25) is 0 Å². The third-order valence-electron chi connectivity index (χ3n) is 1.69. The second kappa shape index (κ2) is 4.31. The molecule has 2 rings (SSSR count). The molecule has 2 saturated heterocycles. The fraction of sp³-hybridized carbons (Fsp3) is 1.00. The van der Waals surface area contributed by atoms with Crippen molar-refractivity contribution in [3.63, 3.8) is 0 Å². The van der Waals surface area contributed by atoms with Gasteiger partial charge in [0, 0.05) is 22.5 Å². The Hall–Kier alpha value is 2.10. The molecule has 2 aliphatic rings. The lowest BCUT2D eigenvalue weighted by Crippen LogP contribution is -2.11. The number of thiol groups is 2. The van der Waals surface area contributed by atoms with E-state index < -0.39 is 0 Å². The molecular weight excluding hydrogens is 264 g/mol. The molecule has 1 unspecified atom stereocenters. The number of thioether (sulfide) groups is 4. The summed E-state index contributed by atoms with van der Waals surface area (Å²) < 4.78 is 0.651. The largest absolute Gasteiger partial charge is 0.164 e. The van der Waals surface area contributed by atoms with E-state index in [2.05, 4.69) is 72.3 Å². The van der Waals surface area contributed by atoms with Crippen molar-refractivity contribution in [1.29, 1.82) is 0 Å². The summed E-state index contributed by atoms with van der Waals surface area (Å²) in [7, 11) is 0. The molecule has 0 N–H and O–H groups in total. The van der Waals surface area contributed by atoms with Crippen LogP contribution in [-0.4, -0.2) is 29.8 Å². The summed E-state index contributed by atoms with van der Waals surface area (Å²) in [6.45, 7) is 0. The summed E-state index contributed by atoms with van der Waals surface area (Å²) in [4.78, 5) is 0. The molecule has 0 amide bonds. The Kier molecular flexibility index (Phi) is 3.81. The van der Waals surface area contributed by atoms with E-state index in [0.717, 1.165) is 0 Å². The van der Waals surface area contributed by atoms with Gasteiger partial charge in [-0.3, -0.25) is 0 Å². The van der Waals surface area contributed by atoms with Crippen LogP contribution in [0.25, 0.3) is 0 Å². The van der Waals surface area contributed by atoms with Gasteiger partial charge in [-0.15, -0.1) is 47.0 Å². The van der Waals surface area contributed by atoms with Crippen LogP contribution in [0.1, 0.15) is 0 Å². The molecule has 70 valence electrons. The maximum atomic E-state index is 4.38. The molecule has 0 aliphatic carbocycles. The van der Waals surface area contributed by atoms with Gasteiger partial charge in [-0.1, -0.05) is 0 Å². The van der Waals surface area contributed by atoms with Crippen LogP contribution in [0.15, 0.2) is 0 Å². The highest BCUT2D eigenvalue weighted by molar-refractivity contribution is 8.50. The third kappa shape index (κ3) is 2.19. The highest BCUT2D eigenvalue weighted by Gasteiger charge is 2.45. The fourth-order valence-corrected chi connectivity index (χ4v) is 9.71. The quantitative estimate of drug-likeness (QED) is 0.557. The Bertz CT molecular complexity index is 163. The summed E-state index contributed by atoms with van der Waals surface area (Å²) in [5.74, 6) is 3.82. The Morgan fingerprint density at radius 2 is 1.83 bits per heavy atom. The van der Waals surface area contributed by atoms with Crippen LogP contribution < -0.4 is 0 Å². The maximum Gasteiger partial charge on any atom is 0.154 e. The highest BCUT2D eigenvalue weighted by Crippen LogP contribution is 2.65. The smallest absolute Gasteiger partial charge is 0.154 e. The minimum Gasteiger partial charge on any atom is -0.164 e. The molecular formula is C6H10S6. The minimum atomic E-state index is 0.240. The molecule has 1 atom stereocenters. The molecule has 2 aliphatic heterocycles. The van der Waals surface area contributed by atoms with E-state index in [1.807, 2.05) is 0 Å². The van der Waals surface area contributed by atoms with Crippen molar-refractivity contribution in [2.75, 3.05) is 17.3 Å². The molecule has 2 fully saturated rings. The van der Waals surface area contributed by atoms with E-state index in [4.69, 9.17) is 0 Å². The Labute approximate surface area is 101 Å². The summed E-state index contributed by atoms with van der Waals surface area (Å²) in [5.41, 5.74) is 0. The van der Waals surface area contributed by atoms with E-state index in [0.29, 0.717) is 7.99 Å². The lowest BCUT2D eigenvalue weighted by atomic mass is 10.5. The molecule has 2 heterocycles. The van der Waals surface area contributed by atoms with Crippen molar-refractivity contribution in [3.8, 4) is 0 Å². The Morgan fingerprint density at radius 1 is 1.17 bits per heavy atom. The van der Waals surface area contributed by atoms with Crippen LogP contribution in [0.5, 0.6) is 0 Å². The molecule has 0 aromatic carbocycles. The molecule has 12 heavy (non-hydrogen) atoms. The van der Waals surface area contributed by atoms with Crippen LogP contribution in [-0.2, 0) is 0 Å². The van der Waals surface area contributed by atoms with Crippen LogP contribution >= 0.6 is 72.3 Å². The van der Waals surface area contributed by atoms with Gasteiger partial charge in [0.25, 0.3) is 0 Å². The first-order chi connectivity index (χ1) is 5.72. The SMILES string of the molecule is SC(S)C1CSC2(SCCS2)S1. The van der Waals surface area contributed by atoms with E-state index in [-0.39, 0.29) is 4.58 Å². The van der Waals surface area contributed by atoms with Crippen LogP contribution in [0, 0.1) is 0 Å². The predicted molar refractivity (Wildman–Crippen MR) is 73.2 cm³/mol. The zero-order valence-corrected chi connectivity index (χ0v) is 11.4. The molecule has 1 spiro atoms. The van der Waals surface area contributed by atoms with Crippen molar-refractivity contribution >= 4 is 72.3 Å². The van der Waals surface area contributed by atoms with E-state index >= 15 is 0 Å². The standard InChI is InChI=1S/C6H10S6/c7-5(8)4-3-11-6(12-4)9-1-2-10-6/h4-5,7-8H,1-3H2. The molecule has 0 nitrogen and oxygen atoms in total. The first-order valence-electron chi connectivity index (χ1n) is 3.68. The second-order valence-electron chi connectivity index (χ2n) is 2.58. The molecule has 0 radical (unpaired) electrons. The van der Waals surface area contributed by atoms with Gasteiger partial charge in [0.1, 0.15) is 0 Å². The summed E-state index contributed by atoms with van der Waals surface area (Å²) in [5, 5.41) is 0.625. The molecule has 0 aromatic rings. The normalized spacial score (nSPS) is 33.8. The van der Waals surface area contributed by atoms with Crippen molar-refractivity contribution < 1.29 is 0 Å². The summed E-state index contributed by atoms with van der Waals surface area (Å²) in [6.07, 6.45) is 0. The van der Waals surface area contributed by atoms with Crippen LogP contribution in [0.2, 0.25) is 0 Å². The molecule has 0 bridgehead atoms. The molecule has 6 heteroatoms. The number of rotatable bonds is 1. The van der Waals surface area contributed by atoms with E-state index in [1.165, 1.54) is 17.3 Å². The lowest BCUT2D eigenvalue weighted by molar-refractivity contribution is 1.13. The average Bonchev–Trinajstić information content (AvgIpc) is 2.62. The van der Waals surface area contributed by atoms with Gasteiger partial charge in [-0.05, 0) is 0 Å². The number of hydrogen-bond acceptors (Lipinski definition) is 6. The second-order valence-corrected chi connectivity index (χ2v) is 11.0. The Morgan fingerprint density at radius 3 is 2.33 bits per heavy atom. The van der Waals surface area contributed by atoms with Crippen molar-refractivity contribution in [2.24, 2.45) is 0 Å². The summed E-state index contributed by atoms with van der Waals surface area (Å²) in [6, 6.07) is 0. The monoisotopic (exact) mass is 274 g/mol. The van der Waals surface area contributed by atoms with E-state index in [1.54, 1.807) is 0 Å².